The largest absolute Gasteiger partial charge is 0.370 e. The molecule has 122 valence electrons. The summed E-state index contributed by atoms with van der Waals surface area (Å²) in [5, 5.41) is 0. The van der Waals surface area contributed by atoms with E-state index in [0.29, 0.717) is 12.5 Å². The van der Waals surface area contributed by atoms with E-state index < -0.39 is 0 Å². The molecule has 1 aliphatic heterocycles. The molecule has 6 heteroatoms. The van der Waals surface area contributed by atoms with Crippen molar-refractivity contribution in [1.29, 1.82) is 0 Å². The number of aromatic nitrogens is 1. The van der Waals surface area contributed by atoms with Crippen LogP contribution in [0.1, 0.15) is 5.56 Å². The maximum atomic E-state index is 13.0. The van der Waals surface area contributed by atoms with Gasteiger partial charge in [-0.25, -0.2) is 9.38 Å². The molecule has 1 aromatic carbocycles. The molecule has 2 N–H and O–H groups in total. The van der Waals surface area contributed by atoms with Crippen LogP contribution >= 0.6 is 0 Å². The van der Waals surface area contributed by atoms with E-state index in [9.17, 15) is 4.39 Å². The molecule has 0 atom stereocenters. The van der Waals surface area contributed by atoms with Crippen LogP contribution in [-0.2, 0) is 13.6 Å². The first-order valence-electron chi connectivity index (χ1n) is 7.78. The minimum atomic E-state index is -0.204. The first kappa shape index (κ1) is 15.4. The predicted molar refractivity (Wildman–Crippen MR) is 90.9 cm³/mol. The van der Waals surface area contributed by atoms with Crippen molar-refractivity contribution in [2.75, 3.05) is 31.1 Å². The van der Waals surface area contributed by atoms with E-state index in [1.807, 2.05) is 42.2 Å². The molecule has 1 saturated heterocycles. The fourth-order valence-corrected chi connectivity index (χ4v) is 2.77. The van der Waals surface area contributed by atoms with Crippen LogP contribution in [0.15, 0.2) is 47.7 Å². The maximum Gasteiger partial charge on any atom is 0.191 e. The molecule has 0 radical (unpaired) electrons. The molecule has 0 saturated carbocycles. The monoisotopic (exact) mass is 315 g/mol. The Kier molecular flexibility index (Phi) is 4.50. The lowest BCUT2D eigenvalue weighted by molar-refractivity contribution is 0.380. The number of piperazine rings is 1. The van der Waals surface area contributed by atoms with Crippen molar-refractivity contribution in [3.8, 4) is 0 Å². The first-order valence-corrected chi connectivity index (χ1v) is 7.78. The van der Waals surface area contributed by atoms with Crippen LogP contribution in [0.5, 0.6) is 0 Å². The summed E-state index contributed by atoms with van der Waals surface area (Å²) < 4.78 is 15.0. The van der Waals surface area contributed by atoms with Gasteiger partial charge in [-0.3, -0.25) is 0 Å². The molecule has 3 rings (SSSR count). The number of aliphatic imine (C=N–C) groups is 1. The molecule has 0 bridgehead atoms. The average molecular weight is 315 g/mol. The molecular weight excluding hydrogens is 293 g/mol. The molecule has 2 aromatic rings. The van der Waals surface area contributed by atoms with Crippen molar-refractivity contribution in [1.82, 2.24) is 9.47 Å². The van der Waals surface area contributed by atoms with Crippen LogP contribution in [0.3, 0.4) is 0 Å². The van der Waals surface area contributed by atoms with Gasteiger partial charge in [0.05, 0.1) is 6.54 Å². The van der Waals surface area contributed by atoms with Crippen molar-refractivity contribution in [2.45, 2.75) is 6.54 Å². The third-order valence-corrected chi connectivity index (χ3v) is 4.11. The summed E-state index contributed by atoms with van der Waals surface area (Å²) in [6, 6.07) is 8.67. The summed E-state index contributed by atoms with van der Waals surface area (Å²) in [7, 11) is 1.99. The second-order valence-corrected chi connectivity index (χ2v) is 5.81. The zero-order valence-electron chi connectivity index (χ0n) is 13.3. The normalized spacial score (nSPS) is 16.0. The second kappa shape index (κ2) is 6.73. The predicted octanol–water partition coefficient (Wildman–Crippen LogP) is 1.80. The molecule has 0 amide bonds. The van der Waals surface area contributed by atoms with Gasteiger partial charge in [-0.05, 0) is 35.9 Å². The second-order valence-electron chi connectivity index (χ2n) is 5.81. The third-order valence-electron chi connectivity index (χ3n) is 4.11. The van der Waals surface area contributed by atoms with Crippen molar-refractivity contribution in [3.63, 3.8) is 0 Å². The fourth-order valence-electron chi connectivity index (χ4n) is 2.77. The number of hydrogen-bond donors (Lipinski definition) is 1. The number of nitrogens with two attached hydrogens (primary N) is 1. The average Bonchev–Trinajstić information content (AvgIpc) is 2.99. The standard InChI is InChI=1S/C17H22FN5/c1-21-7-6-14(13-21)12-20-17(19)23-10-8-22(9-11-23)16-4-2-15(18)3-5-16/h2-7,13H,8-12H2,1H3,(H2,19,20). The van der Waals surface area contributed by atoms with Crippen LogP contribution in [-0.4, -0.2) is 41.6 Å². The van der Waals surface area contributed by atoms with Gasteiger partial charge in [0.25, 0.3) is 0 Å². The van der Waals surface area contributed by atoms with Crippen LogP contribution in [0, 0.1) is 5.82 Å². The zero-order chi connectivity index (χ0) is 16.2. The highest BCUT2D eigenvalue weighted by molar-refractivity contribution is 5.78. The summed E-state index contributed by atoms with van der Waals surface area (Å²) in [6.45, 7) is 3.95. The van der Waals surface area contributed by atoms with E-state index in [0.717, 1.165) is 37.4 Å². The highest BCUT2D eigenvalue weighted by Crippen LogP contribution is 2.16. The minimum Gasteiger partial charge on any atom is -0.370 e. The highest BCUT2D eigenvalue weighted by Gasteiger charge is 2.18. The lowest BCUT2D eigenvalue weighted by Crippen LogP contribution is -2.51. The smallest absolute Gasteiger partial charge is 0.191 e. The number of rotatable bonds is 3. The number of aryl methyl sites for hydroxylation is 1. The van der Waals surface area contributed by atoms with Crippen molar-refractivity contribution >= 4 is 11.6 Å². The maximum absolute atomic E-state index is 13.0. The summed E-state index contributed by atoms with van der Waals surface area (Å²) >= 11 is 0. The molecular formula is C17H22FN5. The third kappa shape index (κ3) is 3.83. The van der Waals surface area contributed by atoms with E-state index >= 15 is 0 Å². The van der Waals surface area contributed by atoms with Crippen LogP contribution in [0.25, 0.3) is 0 Å². The number of guanidine groups is 1. The van der Waals surface area contributed by atoms with Gasteiger partial charge in [0.15, 0.2) is 5.96 Å². The minimum absolute atomic E-state index is 0.204. The fraction of sp³-hybridized carbons (Fsp3) is 0.353. The van der Waals surface area contributed by atoms with Gasteiger partial charge in [-0.15, -0.1) is 0 Å². The van der Waals surface area contributed by atoms with Crippen LogP contribution < -0.4 is 10.6 Å². The SMILES string of the molecule is Cn1ccc(CN=C(N)N2CCN(c3ccc(F)cc3)CC2)c1. The van der Waals surface area contributed by atoms with Crippen molar-refractivity contribution in [3.05, 3.63) is 54.1 Å². The summed E-state index contributed by atoms with van der Waals surface area (Å²) in [6.07, 6.45) is 4.05. The van der Waals surface area contributed by atoms with E-state index in [-0.39, 0.29) is 5.82 Å². The zero-order valence-corrected chi connectivity index (χ0v) is 13.3. The molecule has 2 heterocycles. The number of halogens is 1. The van der Waals surface area contributed by atoms with Gasteiger partial charge in [0, 0.05) is 51.3 Å². The van der Waals surface area contributed by atoms with Gasteiger partial charge in [-0.1, -0.05) is 0 Å². The van der Waals surface area contributed by atoms with E-state index in [1.165, 1.54) is 12.1 Å². The number of anilines is 1. The Labute approximate surface area is 135 Å². The Hall–Kier alpha value is -2.50. The molecule has 1 aromatic heterocycles. The van der Waals surface area contributed by atoms with Crippen molar-refractivity contribution < 1.29 is 4.39 Å². The van der Waals surface area contributed by atoms with Crippen LogP contribution in [0.4, 0.5) is 10.1 Å². The summed E-state index contributed by atoms with van der Waals surface area (Å²) in [4.78, 5) is 8.82. The lowest BCUT2D eigenvalue weighted by Gasteiger charge is -2.36. The molecule has 23 heavy (non-hydrogen) atoms. The number of nitrogens with zero attached hydrogens (tertiary/aromatic N) is 4. The lowest BCUT2D eigenvalue weighted by atomic mass is 10.2. The molecule has 1 fully saturated rings. The quantitative estimate of drug-likeness (QED) is 0.694. The summed E-state index contributed by atoms with van der Waals surface area (Å²) in [5.74, 6) is 0.386. The van der Waals surface area contributed by atoms with Gasteiger partial charge in [-0.2, -0.15) is 0 Å². The van der Waals surface area contributed by atoms with Gasteiger partial charge in [0.2, 0.25) is 0 Å². The van der Waals surface area contributed by atoms with Crippen molar-refractivity contribution in [2.24, 2.45) is 17.8 Å². The van der Waals surface area contributed by atoms with Crippen LogP contribution in [0.2, 0.25) is 0 Å². The number of hydrogen-bond acceptors (Lipinski definition) is 2. The molecule has 0 unspecified atom stereocenters. The molecule has 1 aliphatic rings. The van der Waals surface area contributed by atoms with Gasteiger partial charge < -0.3 is 20.1 Å². The summed E-state index contributed by atoms with van der Waals surface area (Å²) in [5.41, 5.74) is 8.31. The Bertz CT molecular complexity index is 669. The first-order chi connectivity index (χ1) is 11.1. The Morgan fingerprint density at radius 2 is 1.83 bits per heavy atom. The number of benzene rings is 1. The molecule has 5 nitrogen and oxygen atoms in total. The van der Waals surface area contributed by atoms with Gasteiger partial charge >= 0.3 is 0 Å². The van der Waals surface area contributed by atoms with E-state index in [2.05, 4.69) is 14.8 Å². The molecule has 0 aliphatic carbocycles. The van der Waals surface area contributed by atoms with E-state index in [1.54, 1.807) is 0 Å². The Balaban J connectivity index is 1.54. The van der Waals surface area contributed by atoms with Gasteiger partial charge in [0.1, 0.15) is 5.82 Å². The topological polar surface area (TPSA) is 49.8 Å². The Morgan fingerprint density at radius 3 is 2.43 bits per heavy atom. The molecule has 0 spiro atoms. The highest BCUT2D eigenvalue weighted by atomic mass is 19.1. The van der Waals surface area contributed by atoms with E-state index in [4.69, 9.17) is 5.73 Å². The Morgan fingerprint density at radius 1 is 1.13 bits per heavy atom.